The second-order valence-corrected chi connectivity index (χ2v) is 4.15. The molecule has 0 spiro atoms. The van der Waals surface area contributed by atoms with Crippen molar-refractivity contribution in [3.63, 3.8) is 0 Å². The van der Waals surface area contributed by atoms with Crippen molar-refractivity contribution >= 4 is 0 Å². The number of rotatable bonds is 5. The molecule has 16 heavy (non-hydrogen) atoms. The van der Waals surface area contributed by atoms with E-state index < -0.39 is 0 Å². The van der Waals surface area contributed by atoms with Gasteiger partial charge in [0.05, 0.1) is 13.8 Å². The summed E-state index contributed by atoms with van der Waals surface area (Å²) in [5, 5.41) is 8.92. The molecule has 1 rings (SSSR count). The maximum Gasteiger partial charge on any atom is 0.122 e. The van der Waals surface area contributed by atoms with Crippen LogP contribution in [0.3, 0.4) is 0 Å². The van der Waals surface area contributed by atoms with E-state index in [9.17, 15) is 0 Å². The number of likely N-dealkylation sites (N-methyl/N-ethyl adjacent to an activating group) is 1. The van der Waals surface area contributed by atoms with Crippen LogP contribution in [0.1, 0.15) is 16.7 Å². The van der Waals surface area contributed by atoms with Gasteiger partial charge in [-0.15, -0.1) is 0 Å². The Morgan fingerprint density at radius 1 is 1.25 bits per heavy atom. The first-order valence-electron chi connectivity index (χ1n) is 5.52. The van der Waals surface area contributed by atoms with Gasteiger partial charge in [0, 0.05) is 6.54 Å². The highest BCUT2D eigenvalue weighted by atomic mass is 16.5. The number of hydrogen-bond acceptors (Lipinski definition) is 3. The largest absolute Gasteiger partial charge is 0.496 e. The summed E-state index contributed by atoms with van der Waals surface area (Å²) in [5.74, 6) is 0.941. The summed E-state index contributed by atoms with van der Waals surface area (Å²) >= 11 is 0. The zero-order chi connectivity index (χ0) is 12.1. The van der Waals surface area contributed by atoms with Crippen LogP contribution in [0.25, 0.3) is 0 Å². The molecule has 1 aromatic rings. The molecular weight excluding hydrogens is 202 g/mol. The molecule has 0 unspecified atom stereocenters. The molecule has 0 saturated heterocycles. The number of hydrogen-bond donors (Lipinski definition) is 1. The van der Waals surface area contributed by atoms with Crippen molar-refractivity contribution < 1.29 is 9.84 Å². The first-order valence-corrected chi connectivity index (χ1v) is 5.52. The fourth-order valence-electron chi connectivity index (χ4n) is 1.73. The van der Waals surface area contributed by atoms with Crippen LogP contribution in [-0.2, 0) is 6.42 Å². The minimum Gasteiger partial charge on any atom is -0.496 e. The molecule has 1 aromatic carbocycles. The van der Waals surface area contributed by atoms with Crippen molar-refractivity contribution in [2.45, 2.75) is 20.3 Å². The van der Waals surface area contributed by atoms with E-state index in [0.29, 0.717) is 0 Å². The number of aliphatic hydroxyl groups excluding tert-OH is 1. The fraction of sp³-hybridized carbons (Fsp3) is 0.538. The maximum absolute atomic E-state index is 8.92. The monoisotopic (exact) mass is 223 g/mol. The molecule has 0 aliphatic rings. The van der Waals surface area contributed by atoms with Gasteiger partial charge >= 0.3 is 0 Å². The minimum absolute atomic E-state index is 0.105. The normalized spacial score (nSPS) is 10.9. The third kappa shape index (κ3) is 2.97. The molecule has 0 aliphatic heterocycles. The maximum atomic E-state index is 8.92. The lowest BCUT2D eigenvalue weighted by Crippen LogP contribution is -2.22. The van der Waals surface area contributed by atoms with Crippen LogP contribution >= 0.6 is 0 Å². The SMILES string of the molecule is COc1ccc(CCN(C)CO)c(C)c1C. The molecule has 0 aromatic heterocycles. The van der Waals surface area contributed by atoms with Crippen LogP contribution in [0.2, 0.25) is 0 Å². The average Bonchev–Trinajstić information content (AvgIpc) is 2.30. The smallest absolute Gasteiger partial charge is 0.122 e. The van der Waals surface area contributed by atoms with E-state index in [1.807, 2.05) is 18.0 Å². The fourth-order valence-corrected chi connectivity index (χ4v) is 1.73. The molecule has 3 heteroatoms. The van der Waals surface area contributed by atoms with Crippen molar-refractivity contribution in [1.29, 1.82) is 0 Å². The Morgan fingerprint density at radius 2 is 1.94 bits per heavy atom. The zero-order valence-electron chi connectivity index (χ0n) is 10.6. The molecule has 0 radical (unpaired) electrons. The van der Waals surface area contributed by atoms with E-state index in [0.717, 1.165) is 18.7 Å². The number of nitrogens with zero attached hydrogens (tertiary/aromatic N) is 1. The van der Waals surface area contributed by atoms with Gasteiger partial charge in [0.25, 0.3) is 0 Å². The van der Waals surface area contributed by atoms with Crippen molar-refractivity contribution in [1.82, 2.24) is 4.90 Å². The number of aliphatic hydroxyl groups is 1. The van der Waals surface area contributed by atoms with Crippen LogP contribution in [0, 0.1) is 13.8 Å². The van der Waals surface area contributed by atoms with E-state index >= 15 is 0 Å². The molecule has 90 valence electrons. The zero-order valence-corrected chi connectivity index (χ0v) is 10.6. The number of ether oxygens (including phenoxy) is 1. The Hall–Kier alpha value is -1.06. The Kier molecular flexibility index (Phi) is 4.77. The highest BCUT2D eigenvalue weighted by Crippen LogP contribution is 2.24. The van der Waals surface area contributed by atoms with Crippen LogP contribution in [0.5, 0.6) is 5.75 Å². The van der Waals surface area contributed by atoms with Crippen molar-refractivity contribution in [2.24, 2.45) is 0 Å². The molecule has 0 amide bonds. The summed E-state index contributed by atoms with van der Waals surface area (Å²) in [4.78, 5) is 1.89. The number of benzene rings is 1. The molecule has 3 nitrogen and oxygen atoms in total. The third-order valence-electron chi connectivity index (χ3n) is 3.07. The van der Waals surface area contributed by atoms with E-state index in [2.05, 4.69) is 19.9 Å². The Labute approximate surface area is 97.7 Å². The van der Waals surface area contributed by atoms with Crippen molar-refractivity contribution in [3.05, 3.63) is 28.8 Å². The third-order valence-corrected chi connectivity index (χ3v) is 3.07. The van der Waals surface area contributed by atoms with E-state index in [1.54, 1.807) is 7.11 Å². The lowest BCUT2D eigenvalue weighted by molar-refractivity contribution is 0.134. The van der Waals surface area contributed by atoms with Crippen LogP contribution in [0.4, 0.5) is 0 Å². The van der Waals surface area contributed by atoms with Crippen LogP contribution < -0.4 is 4.74 Å². The standard InChI is InChI=1S/C13H21NO2/c1-10-11(2)13(16-4)6-5-12(10)7-8-14(3)9-15/h5-6,15H,7-9H2,1-4H3. The van der Waals surface area contributed by atoms with E-state index in [4.69, 9.17) is 9.84 Å². The highest BCUT2D eigenvalue weighted by molar-refractivity contribution is 5.43. The Morgan fingerprint density at radius 3 is 2.50 bits per heavy atom. The topological polar surface area (TPSA) is 32.7 Å². The molecule has 0 saturated carbocycles. The highest BCUT2D eigenvalue weighted by Gasteiger charge is 2.07. The predicted octanol–water partition coefficient (Wildman–Crippen LogP) is 1.74. The van der Waals surface area contributed by atoms with Crippen molar-refractivity contribution in [2.75, 3.05) is 27.4 Å². The summed E-state index contributed by atoms with van der Waals surface area (Å²) in [6, 6.07) is 4.11. The second-order valence-electron chi connectivity index (χ2n) is 4.15. The first kappa shape index (κ1) is 13.0. The summed E-state index contributed by atoms with van der Waals surface area (Å²) in [5.41, 5.74) is 3.80. The summed E-state index contributed by atoms with van der Waals surface area (Å²) in [6.07, 6.45) is 0.952. The summed E-state index contributed by atoms with van der Waals surface area (Å²) < 4.78 is 5.28. The van der Waals surface area contributed by atoms with Crippen LogP contribution in [0.15, 0.2) is 12.1 Å². The van der Waals surface area contributed by atoms with Gasteiger partial charge in [0.1, 0.15) is 5.75 Å². The Bertz CT molecular complexity index is 350. The van der Waals surface area contributed by atoms with E-state index in [1.165, 1.54) is 16.7 Å². The van der Waals surface area contributed by atoms with Gasteiger partial charge in [-0.05, 0) is 50.1 Å². The van der Waals surface area contributed by atoms with Gasteiger partial charge in [-0.25, -0.2) is 0 Å². The quantitative estimate of drug-likeness (QED) is 0.772. The van der Waals surface area contributed by atoms with Crippen molar-refractivity contribution in [3.8, 4) is 5.75 Å². The lowest BCUT2D eigenvalue weighted by Gasteiger charge is -2.16. The van der Waals surface area contributed by atoms with Gasteiger partial charge < -0.3 is 9.84 Å². The Balaban J connectivity index is 2.78. The molecule has 1 N–H and O–H groups in total. The summed E-state index contributed by atoms with van der Waals surface area (Å²) in [6.45, 7) is 5.16. The molecule has 0 bridgehead atoms. The predicted molar refractivity (Wildman–Crippen MR) is 65.9 cm³/mol. The van der Waals surface area contributed by atoms with Crippen LogP contribution in [-0.4, -0.2) is 37.4 Å². The minimum atomic E-state index is 0.105. The molecule has 0 aliphatic carbocycles. The molecule has 0 fully saturated rings. The average molecular weight is 223 g/mol. The number of methoxy groups -OCH3 is 1. The van der Waals surface area contributed by atoms with Gasteiger partial charge in [-0.1, -0.05) is 6.07 Å². The molecular formula is C13H21NO2. The van der Waals surface area contributed by atoms with Gasteiger partial charge in [-0.3, -0.25) is 4.90 Å². The summed E-state index contributed by atoms with van der Waals surface area (Å²) in [7, 11) is 3.60. The lowest BCUT2D eigenvalue weighted by atomic mass is 10.00. The second kappa shape index (κ2) is 5.87. The first-order chi connectivity index (χ1) is 7.60. The molecule has 0 heterocycles. The van der Waals surface area contributed by atoms with E-state index in [-0.39, 0.29) is 6.73 Å². The van der Waals surface area contributed by atoms with Gasteiger partial charge in [-0.2, -0.15) is 0 Å². The van der Waals surface area contributed by atoms with Gasteiger partial charge in [0.15, 0.2) is 0 Å². The molecule has 0 atom stereocenters. The van der Waals surface area contributed by atoms with Gasteiger partial charge in [0.2, 0.25) is 0 Å².